The minimum Gasteiger partial charge on any atom is -1.00 e. The summed E-state index contributed by atoms with van der Waals surface area (Å²) in [5, 5.41) is 1.13. The highest BCUT2D eigenvalue weighted by molar-refractivity contribution is 7.99. The smallest absolute Gasteiger partial charge is 0.318 e. The first-order chi connectivity index (χ1) is 6.45. The number of halogens is 1. The van der Waals surface area contributed by atoms with E-state index < -0.39 is 0 Å². The second-order valence-electron chi connectivity index (χ2n) is 3.56. The first-order valence-corrected chi connectivity index (χ1v) is 5.57. The van der Waals surface area contributed by atoms with Gasteiger partial charge in [0, 0.05) is 13.8 Å². The van der Waals surface area contributed by atoms with Crippen molar-refractivity contribution in [2.45, 2.75) is 25.9 Å². The molecule has 0 N–H and O–H groups in total. The Labute approximate surface area is 101 Å². The third-order valence-corrected chi connectivity index (χ3v) is 3.87. The van der Waals surface area contributed by atoms with Crippen molar-refractivity contribution in [1.82, 2.24) is 4.57 Å². The molecule has 0 aromatic carbocycles. The largest absolute Gasteiger partial charge is 1.00 e. The average molecular weight is 249 g/mol. The van der Waals surface area contributed by atoms with Gasteiger partial charge in [-0.15, -0.1) is 0 Å². The number of aromatic nitrogens is 2. The number of Topliss-reactive ketones (excluding diaryl/α,β-unsaturated/α-hetero) is 1. The molecule has 0 bridgehead atoms. The van der Waals surface area contributed by atoms with Crippen LogP contribution in [0.4, 0.5) is 0 Å². The van der Waals surface area contributed by atoms with Gasteiger partial charge >= 0.3 is 5.16 Å². The Morgan fingerprint density at radius 1 is 1.47 bits per heavy atom. The van der Waals surface area contributed by atoms with Gasteiger partial charge in [-0.2, -0.15) is 0 Å². The molecule has 5 heteroatoms. The fraction of sp³-hybridized carbons (Fsp3) is 0.600. The van der Waals surface area contributed by atoms with Crippen LogP contribution in [0.15, 0.2) is 5.16 Å². The van der Waals surface area contributed by atoms with E-state index in [-0.39, 0.29) is 18.2 Å². The van der Waals surface area contributed by atoms with Gasteiger partial charge in [0.1, 0.15) is 17.2 Å². The number of carbonyl (C=O) groups is 1. The molecule has 0 atom stereocenters. The zero-order chi connectivity index (χ0) is 10.9. The Bertz CT molecular complexity index is 348. The number of hydrogen-bond donors (Lipinski definition) is 0. The number of ketones is 1. The zero-order valence-corrected chi connectivity index (χ0v) is 11.4. The first-order valence-electron chi connectivity index (χ1n) is 4.59. The molecule has 15 heavy (non-hydrogen) atoms. The molecule has 1 heterocycles. The molecule has 0 saturated heterocycles. The summed E-state index contributed by atoms with van der Waals surface area (Å²) in [6.45, 7) is 5.80. The van der Waals surface area contributed by atoms with E-state index in [1.54, 1.807) is 18.7 Å². The summed E-state index contributed by atoms with van der Waals surface area (Å²) in [7, 11) is 4.07. The third kappa shape index (κ3) is 2.98. The van der Waals surface area contributed by atoms with E-state index in [2.05, 4.69) is 23.0 Å². The summed E-state index contributed by atoms with van der Waals surface area (Å²) in [6.07, 6.45) is 0. The fourth-order valence-corrected chi connectivity index (χ4v) is 2.35. The molecule has 3 nitrogen and oxygen atoms in total. The summed E-state index contributed by atoms with van der Waals surface area (Å²) >= 11 is 1.59. The van der Waals surface area contributed by atoms with Gasteiger partial charge in [0.05, 0.1) is 19.8 Å². The number of rotatable bonds is 3. The van der Waals surface area contributed by atoms with Crippen molar-refractivity contribution in [2.75, 3.05) is 5.75 Å². The summed E-state index contributed by atoms with van der Waals surface area (Å²) in [4.78, 5) is 10.9. The third-order valence-electron chi connectivity index (χ3n) is 2.51. The highest BCUT2D eigenvalue weighted by atomic mass is 35.5. The minimum absolute atomic E-state index is 0. The van der Waals surface area contributed by atoms with Crippen LogP contribution in [0.25, 0.3) is 0 Å². The second kappa shape index (κ2) is 5.56. The van der Waals surface area contributed by atoms with Crippen LogP contribution in [0.1, 0.15) is 18.3 Å². The van der Waals surface area contributed by atoms with Crippen molar-refractivity contribution in [3.63, 3.8) is 0 Å². The molecule has 1 rings (SSSR count). The van der Waals surface area contributed by atoms with E-state index in [9.17, 15) is 4.79 Å². The predicted octanol–water partition coefficient (Wildman–Crippen LogP) is -1.85. The quantitative estimate of drug-likeness (QED) is 0.464. The molecule has 0 fully saturated rings. The Morgan fingerprint density at radius 3 is 2.33 bits per heavy atom. The van der Waals surface area contributed by atoms with Gasteiger partial charge in [-0.3, -0.25) is 4.79 Å². The van der Waals surface area contributed by atoms with Crippen LogP contribution in [0.3, 0.4) is 0 Å². The van der Waals surface area contributed by atoms with Crippen molar-refractivity contribution in [3.8, 4) is 0 Å². The molecule has 1 aromatic rings. The lowest BCUT2D eigenvalue weighted by molar-refractivity contribution is -0.715. The van der Waals surface area contributed by atoms with E-state index in [1.807, 2.05) is 14.1 Å². The van der Waals surface area contributed by atoms with Crippen LogP contribution < -0.4 is 17.0 Å². The van der Waals surface area contributed by atoms with Crippen LogP contribution in [0.5, 0.6) is 0 Å². The monoisotopic (exact) mass is 248 g/mol. The fourth-order valence-electron chi connectivity index (χ4n) is 1.36. The lowest BCUT2D eigenvalue weighted by Gasteiger charge is -1.96. The number of carbonyl (C=O) groups excluding carboxylic acids is 1. The first kappa shape index (κ1) is 14.5. The lowest BCUT2D eigenvalue weighted by atomic mass is 10.4. The lowest BCUT2D eigenvalue weighted by Crippen LogP contribution is -3.00. The van der Waals surface area contributed by atoms with Crippen molar-refractivity contribution in [1.29, 1.82) is 0 Å². The average Bonchev–Trinajstić information content (AvgIpc) is 2.29. The van der Waals surface area contributed by atoms with Gasteiger partial charge in [-0.05, 0) is 18.7 Å². The predicted molar refractivity (Wildman–Crippen MR) is 57.5 cm³/mol. The normalized spacial score (nSPS) is 9.93. The van der Waals surface area contributed by atoms with Crippen LogP contribution >= 0.6 is 11.8 Å². The maximum Gasteiger partial charge on any atom is 0.318 e. The Hall–Kier alpha value is -0.480. The Kier molecular flexibility index (Phi) is 5.38. The maximum atomic E-state index is 10.9. The number of thioether (sulfide) groups is 1. The summed E-state index contributed by atoms with van der Waals surface area (Å²) in [5.74, 6) is 0.761. The van der Waals surface area contributed by atoms with Crippen molar-refractivity contribution >= 4 is 17.5 Å². The van der Waals surface area contributed by atoms with E-state index in [0.717, 1.165) is 5.16 Å². The van der Waals surface area contributed by atoms with E-state index in [4.69, 9.17) is 0 Å². The Morgan fingerprint density at radius 2 is 2.00 bits per heavy atom. The molecule has 0 aliphatic rings. The molecule has 0 spiro atoms. The van der Waals surface area contributed by atoms with E-state index in [0.29, 0.717) is 5.75 Å². The van der Waals surface area contributed by atoms with E-state index >= 15 is 0 Å². The molecule has 1 aromatic heterocycles. The molecule has 0 aliphatic heterocycles. The number of hydrogen-bond acceptors (Lipinski definition) is 2. The highest BCUT2D eigenvalue weighted by Gasteiger charge is 2.20. The summed E-state index contributed by atoms with van der Waals surface area (Å²) in [6, 6.07) is 0. The van der Waals surface area contributed by atoms with Crippen LogP contribution in [0.2, 0.25) is 0 Å². The molecule has 0 unspecified atom stereocenters. The summed E-state index contributed by atoms with van der Waals surface area (Å²) in [5.41, 5.74) is 2.50. The number of nitrogens with zero attached hydrogens (tertiary/aromatic N) is 2. The van der Waals surface area contributed by atoms with Gasteiger partial charge in [-0.25, -0.2) is 9.13 Å². The second-order valence-corrected chi connectivity index (χ2v) is 4.50. The molecule has 86 valence electrons. The molecular formula is C10H17ClN2OS. The van der Waals surface area contributed by atoms with Crippen LogP contribution in [-0.2, 0) is 18.9 Å². The standard InChI is InChI=1S/C10H17N2OS.ClH/c1-7(13)6-14-10-11(4)8(2)9(3)12(10)5;/h6H2,1-5H3;1H/q+1;/p-1. The van der Waals surface area contributed by atoms with Gasteiger partial charge in [0.25, 0.3) is 0 Å². The molecular weight excluding hydrogens is 232 g/mol. The molecule has 0 aliphatic carbocycles. The molecule has 0 amide bonds. The van der Waals surface area contributed by atoms with Gasteiger partial charge in [0.15, 0.2) is 0 Å². The summed E-state index contributed by atoms with van der Waals surface area (Å²) < 4.78 is 4.26. The Balaban J connectivity index is 0.00000196. The van der Waals surface area contributed by atoms with Crippen molar-refractivity contribution < 1.29 is 21.8 Å². The van der Waals surface area contributed by atoms with Crippen molar-refractivity contribution in [2.24, 2.45) is 14.1 Å². The van der Waals surface area contributed by atoms with Gasteiger partial charge < -0.3 is 12.4 Å². The topological polar surface area (TPSA) is 25.9 Å². The maximum absolute atomic E-state index is 10.9. The SMILES string of the molecule is CC(=O)CSc1n(C)c(C)c(C)[n+]1C.[Cl-]. The zero-order valence-electron chi connectivity index (χ0n) is 9.80. The van der Waals surface area contributed by atoms with Crippen LogP contribution in [-0.4, -0.2) is 16.1 Å². The van der Waals surface area contributed by atoms with Crippen molar-refractivity contribution in [3.05, 3.63) is 11.4 Å². The highest BCUT2D eigenvalue weighted by Crippen LogP contribution is 2.17. The minimum atomic E-state index is 0. The van der Waals surface area contributed by atoms with Gasteiger partial charge in [0.2, 0.25) is 0 Å². The molecule has 0 radical (unpaired) electrons. The van der Waals surface area contributed by atoms with E-state index in [1.165, 1.54) is 11.4 Å². The van der Waals surface area contributed by atoms with Gasteiger partial charge in [-0.1, -0.05) is 0 Å². The van der Waals surface area contributed by atoms with Crippen LogP contribution in [0, 0.1) is 13.8 Å². The molecule has 0 saturated carbocycles. The number of imidazole rings is 1.